The Morgan fingerprint density at radius 3 is 2.65 bits per heavy atom. The smallest absolute Gasteiger partial charge is 0.135 e. The predicted octanol–water partition coefficient (Wildman–Crippen LogP) is 2.17. The van der Waals surface area contributed by atoms with Gasteiger partial charge >= 0.3 is 0 Å². The molecule has 0 radical (unpaired) electrons. The van der Waals surface area contributed by atoms with Crippen LogP contribution in [0.3, 0.4) is 0 Å². The van der Waals surface area contributed by atoms with Gasteiger partial charge in [-0.15, -0.1) is 0 Å². The van der Waals surface area contributed by atoms with Crippen LogP contribution in [0.15, 0.2) is 16.6 Å². The van der Waals surface area contributed by atoms with Crippen LogP contribution >= 0.6 is 15.9 Å². The summed E-state index contributed by atoms with van der Waals surface area (Å²) in [6, 6.07) is 4.37. The average molecular weight is 299 g/mol. The second-order valence-electron chi connectivity index (χ2n) is 4.45. The molecule has 0 aromatic heterocycles. The van der Waals surface area contributed by atoms with E-state index >= 15 is 0 Å². The minimum Gasteiger partial charge on any atom is -0.495 e. The highest BCUT2D eigenvalue weighted by Gasteiger charge is 2.12. The fraction of sp³-hybridized carbons (Fsp3) is 0.538. The lowest BCUT2D eigenvalue weighted by molar-refractivity contribution is 0.233. The number of methoxy groups -OCH3 is 1. The van der Waals surface area contributed by atoms with Crippen molar-refractivity contribution in [1.82, 2.24) is 10.2 Å². The second-order valence-corrected chi connectivity index (χ2v) is 5.31. The molecule has 1 heterocycles. The van der Waals surface area contributed by atoms with Gasteiger partial charge in [-0.3, -0.25) is 4.90 Å². The Hall–Kier alpha value is -0.580. The molecule has 1 aliphatic heterocycles. The van der Waals surface area contributed by atoms with Gasteiger partial charge in [-0.05, 0) is 40.0 Å². The fourth-order valence-corrected chi connectivity index (χ4v) is 3.05. The monoisotopic (exact) mass is 298 g/mol. The molecule has 0 saturated carbocycles. The molecule has 2 rings (SSSR count). The van der Waals surface area contributed by atoms with E-state index in [9.17, 15) is 0 Å². The van der Waals surface area contributed by atoms with Crippen LogP contribution in [0.1, 0.15) is 11.1 Å². The van der Waals surface area contributed by atoms with Gasteiger partial charge in [0.25, 0.3) is 0 Å². The van der Waals surface area contributed by atoms with E-state index in [2.05, 4.69) is 45.2 Å². The van der Waals surface area contributed by atoms with E-state index in [0.717, 1.165) is 42.9 Å². The van der Waals surface area contributed by atoms with Crippen LogP contribution in [0.25, 0.3) is 0 Å². The van der Waals surface area contributed by atoms with Gasteiger partial charge in [-0.1, -0.05) is 6.07 Å². The van der Waals surface area contributed by atoms with Crippen molar-refractivity contribution >= 4 is 15.9 Å². The van der Waals surface area contributed by atoms with Crippen molar-refractivity contribution in [2.45, 2.75) is 13.5 Å². The van der Waals surface area contributed by atoms with Gasteiger partial charge in [0.05, 0.1) is 11.6 Å². The standard InChI is InChI=1S/C13H19BrN2O/c1-10-7-11(8-12(14)13(10)17-2)9-16-5-3-15-4-6-16/h7-8,15H,3-6,9H2,1-2H3. The lowest BCUT2D eigenvalue weighted by Crippen LogP contribution is -2.42. The Balaban J connectivity index is 2.10. The highest BCUT2D eigenvalue weighted by Crippen LogP contribution is 2.30. The van der Waals surface area contributed by atoms with Crippen LogP contribution in [0.4, 0.5) is 0 Å². The molecule has 4 heteroatoms. The SMILES string of the molecule is COc1c(C)cc(CN2CCNCC2)cc1Br. The minimum absolute atomic E-state index is 0.939. The molecule has 1 fully saturated rings. The van der Waals surface area contributed by atoms with Crippen molar-refractivity contribution in [2.24, 2.45) is 0 Å². The molecule has 0 spiro atoms. The molecule has 94 valence electrons. The van der Waals surface area contributed by atoms with Gasteiger partial charge in [-0.2, -0.15) is 0 Å². The second kappa shape index (κ2) is 5.85. The molecule has 17 heavy (non-hydrogen) atoms. The number of nitrogens with one attached hydrogen (secondary N) is 1. The number of hydrogen-bond acceptors (Lipinski definition) is 3. The Bertz CT molecular complexity index is 366. The van der Waals surface area contributed by atoms with E-state index in [-0.39, 0.29) is 0 Å². The van der Waals surface area contributed by atoms with Crippen molar-refractivity contribution < 1.29 is 4.74 Å². The van der Waals surface area contributed by atoms with Crippen molar-refractivity contribution in [3.05, 3.63) is 27.7 Å². The number of benzene rings is 1. The van der Waals surface area contributed by atoms with Gasteiger partial charge in [0.15, 0.2) is 0 Å². The van der Waals surface area contributed by atoms with Crippen molar-refractivity contribution in [3.63, 3.8) is 0 Å². The topological polar surface area (TPSA) is 24.5 Å². The Morgan fingerprint density at radius 2 is 2.06 bits per heavy atom. The maximum absolute atomic E-state index is 5.35. The first-order valence-electron chi connectivity index (χ1n) is 5.97. The lowest BCUT2D eigenvalue weighted by Gasteiger charge is -2.27. The summed E-state index contributed by atoms with van der Waals surface area (Å²) in [5.41, 5.74) is 2.53. The summed E-state index contributed by atoms with van der Waals surface area (Å²) in [7, 11) is 1.71. The Labute approximate surface area is 111 Å². The summed E-state index contributed by atoms with van der Waals surface area (Å²) in [6.07, 6.45) is 0. The molecular formula is C13H19BrN2O. The zero-order valence-corrected chi connectivity index (χ0v) is 12.0. The largest absolute Gasteiger partial charge is 0.495 e. The first kappa shape index (κ1) is 12.9. The zero-order chi connectivity index (χ0) is 12.3. The molecule has 0 amide bonds. The number of hydrogen-bond donors (Lipinski definition) is 1. The highest BCUT2D eigenvalue weighted by atomic mass is 79.9. The number of piperazine rings is 1. The fourth-order valence-electron chi connectivity index (χ4n) is 2.28. The first-order chi connectivity index (χ1) is 8.20. The summed E-state index contributed by atoms with van der Waals surface area (Å²) in [5, 5.41) is 3.37. The van der Waals surface area contributed by atoms with E-state index in [1.807, 2.05) is 0 Å². The third kappa shape index (κ3) is 3.21. The lowest BCUT2D eigenvalue weighted by atomic mass is 10.1. The maximum atomic E-state index is 5.35. The summed E-state index contributed by atoms with van der Waals surface area (Å²) in [6.45, 7) is 7.55. The van der Waals surface area contributed by atoms with Gasteiger partial charge in [0.2, 0.25) is 0 Å². The molecule has 3 nitrogen and oxygen atoms in total. The molecule has 1 saturated heterocycles. The molecular weight excluding hydrogens is 280 g/mol. The van der Waals surface area contributed by atoms with Crippen LogP contribution in [0.2, 0.25) is 0 Å². The van der Waals surface area contributed by atoms with Crippen LogP contribution < -0.4 is 10.1 Å². The quantitative estimate of drug-likeness (QED) is 0.926. The van der Waals surface area contributed by atoms with Gasteiger partial charge in [-0.25, -0.2) is 0 Å². The molecule has 1 aromatic rings. The zero-order valence-electron chi connectivity index (χ0n) is 10.4. The summed E-state index contributed by atoms with van der Waals surface area (Å²) < 4.78 is 6.40. The van der Waals surface area contributed by atoms with Gasteiger partial charge in [0, 0.05) is 32.7 Å². The summed E-state index contributed by atoms with van der Waals surface area (Å²) in [5.74, 6) is 0.939. The van der Waals surface area contributed by atoms with Crippen LogP contribution in [-0.4, -0.2) is 38.2 Å². The number of ether oxygens (including phenoxy) is 1. The highest BCUT2D eigenvalue weighted by molar-refractivity contribution is 9.10. The van der Waals surface area contributed by atoms with Crippen LogP contribution in [0, 0.1) is 6.92 Å². The molecule has 0 bridgehead atoms. The van der Waals surface area contributed by atoms with Crippen molar-refractivity contribution in [2.75, 3.05) is 33.3 Å². The predicted molar refractivity (Wildman–Crippen MR) is 73.6 cm³/mol. The Kier molecular flexibility index (Phi) is 4.42. The third-order valence-electron chi connectivity index (χ3n) is 3.11. The van der Waals surface area contributed by atoms with Crippen LogP contribution in [-0.2, 0) is 6.54 Å². The number of aryl methyl sites for hydroxylation is 1. The molecule has 0 aliphatic carbocycles. The van der Waals surface area contributed by atoms with E-state index in [1.54, 1.807) is 7.11 Å². The first-order valence-corrected chi connectivity index (χ1v) is 6.76. The van der Waals surface area contributed by atoms with E-state index in [1.165, 1.54) is 11.1 Å². The summed E-state index contributed by atoms with van der Waals surface area (Å²) >= 11 is 3.57. The summed E-state index contributed by atoms with van der Waals surface area (Å²) in [4.78, 5) is 2.48. The van der Waals surface area contributed by atoms with E-state index < -0.39 is 0 Å². The molecule has 0 atom stereocenters. The van der Waals surface area contributed by atoms with Gasteiger partial charge in [0.1, 0.15) is 5.75 Å². The molecule has 1 aliphatic rings. The number of nitrogens with zero attached hydrogens (tertiary/aromatic N) is 1. The Morgan fingerprint density at radius 1 is 1.35 bits per heavy atom. The maximum Gasteiger partial charge on any atom is 0.135 e. The van der Waals surface area contributed by atoms with Gasteiger partial charge < -0.3 is 10.1 Å². The number of rotatable bonds is 3. The normalized spacial score (nSPS) is 17.1. The molecule has 0 unspecified atom stereocenters. The number of halogens is 1. The van der Waals surface area contributed by atoms with Crippen LogP contribution in [0.5, 0.6) is 5.75 Å². The third-order valence-corrected chi connectivity index (χ3v) is 3.70. The van der Waals surface area contributed by atoms with E-state index in [4.69, 9.17) is 4.74 Å². The van der Waals surface area contributed by atoms with Crippen molar-refractivity contribution in [3.8, 4) is 5.75 Å². The van der Waals surface area contributed by atoms with E-state index in [0.29, 0.717) is 0 Å². The molecule has 1 N–H and O–H groups in total. The molecule has 1 aromatic carbocycles. The minimum atomic E-state index is 0.939. The van der Waals surface area contributed by atoms with Crippen molar-refractivity contribution in [1.29, 1.82) is 0 Å². The average Bonchev–Trinajstić information content (AvgIpc) is 2.30.